The molecule has 1 aromatic carbocycles. The van der Waals surface area contributed by atoms with Crippen molar-refractivity contribution in [3.05, 3.63) is 24.0 Å². The van der Waals surface area contributed by atoms with Gasteiger partial charge in [0.05, 0.1) is 30.6 Å². The molecule has 9 nitrogen and oxygen atoms in total. The van der Waals surface area contributed by atoms with E-state index in [0.717, 1.165) is 0 Å². The topological polar surface area (TPSA) is 91.4 Å². The van der Waals surface area contributed by atoms with E-state index in [1.807, 2.05) is 11.8 Å². The lowest BCUT2D eigenvalue weighted by Crippen LogP contribution is -2.40. The van der Waals surface area contributed by atoms with E-state index < -0.39 is 24.2 Å². The van der Waals surface area contributed by atoms with E-state index >= 15 is 0 Å². The first-order chi connectivity index (χ1) is 14.2. The van der Waals surface area contributed by atoms with E-state index in [0.29, 0.717) is 24.5 Å². The van der Waals surface area contributed by atoms with E-state index in [1.165, 1.54) is 22.8 Å². The first kappa shape index (κ1) is 21.7. The van der Waals surface area contributed by atoms with Gasteiger partial charge in [-0.2, -0.15) is 0 Å². The molecule has 2 aliphatic rings. The average molecular weight is 422 g/mol. The van der Waals surface area contributed by atoms with Crippen LogP contribution in [0.2, 0.25) is 0 Å². The van der Waals surface area contributed by atoms with Gasteiger partial charge in [0.15, 0.2) is 6.23 Å². The zero-order valence-corrected chi connectivity index (χ0v) is 17.6. The van der Waals surface area contributed by atoms with Crippen LogP contribution in [-0.4, -0.2) is 68.6 Å². The number of halogens is 1. The lowest BCUT2D eigenvalue weighted by Gasteiger charge is -2.22. The monoisotopic (exact) mass is 422 g/mol. The Labute approximate surface area is 174 Å². The minimum atomic E-state index is -0.716. The number of carbonyl (C=O) groups is 3. The van der Waals surface area contributed by atoms with E-state index in [-0.39, 0.29) is 31.0 Å². The van der Waals surface area contributed by atoms with Crippen LogP contribution < -0.4 is 15.1 Å². The number of cyclic esters (lactones) is 1. The Bertz CT molecular complexity index is 835. The maximum absolute atomic E-state index is 14.9. The fraction of sp³-hybridized carbons (Fsp3) is 0.550. The molecule has 30 heavy (non-hydrogen) atoms. The molecule has 0 aliphatic carbocycles. The number of amides is 3. The fourth-order valence-corrected chi connectivity index (χ4v) is 3.66. The summed E-state index contributed by atoms with van der Waals surface area (Å²) in [6.07, 6.45) is -1.83. The summed E-state index contributed by atoms with van der Waals surface area (Å²) >= 11 is 0. The van der Waals surface area contributed by atoms with Gasteiger partial charge in [0.1, 0.15) is 5.82 Å². The number of hydrogen-bond acceptors (Lipinski definition) is 6. The molecular formula is C20H27FN4O5. The van der Waals surface area contributed by atoms with Crippen molar-refractivity contribution in [3.63, 3.8) is 0 Å². The number of anilines is 2. The van der Waals surface area contributed by atoms with Crippen LogP contribution in [0, 0.1) is 11.7 Å². The summed E-state index contributed by atoms with van der Waals surface area (Å²) in [6.45, 7) is 6.53. The molecule has 2 heterocycles. The molecule has 3 amide bonds. The number of nitrogens with one attached hydrogen (secondary N) is 1. The van der Waals surface area contributed by atoms with Crippen LogP contribution in [0.15, 0.2) is 18.2 Å². The highest BCUT2D eigenvalue weighted by Crippen LogP contribution is 2.31. The highest BCUT2D eigenvalue weighted by atomic mass is 19.1. The maximum atomic E-state index is 14.9. The van der Waals surface area contributed by atoms with Gasteiger partial charge in [-0.05, 0) is 31.0 Å². The number of benzene rings is 1. The number of carbonyl (C=O) groups excluding carboxylic acids is 3. The van der Waals surface area contributed by atoms with Crippen molar-refractivity contribution >= 4 is 29.5 Å². The third kappa shape index (κ3) is 4.42. The smallest absolute Gasteiger partial charge is 0.416 e. The molecule has 164 valence electrons. The molecular weight excluding hydrogens is 395 g/mol. The highest BCUT2D eigenvalue weighted by molar-refractivity contribution is 5.90. The lowest BCUT2D eigenvalue weighted by atomic mass is 10.1. The van der Waals surface area contributed by atoms with Crippen LogP contribution >= 0.6 is 0 Å². The molecule has 2 fully saturated rings. The Kier molecular flexibility index (Phi) is 6.33. The van der Waals surface area contributed by atoms with Crippen LogP contribution in [-0.2, 0) is 14.3 Å². The Hall–Kier alpha value is -3.04. The molecule has 1 N–H and O–H groups in total. The summed E-state index contributed by atoms with van der Waals surface area (Å²) in [4.78, 5) is 39.9. The summed E-state index contributed by atoms with van der Waals surface area (Å²) in [6, 6.07) is 4.38. The largest absolute Gasteiger partial charge is 0.450 e. The van der Waals surface area contributed by atoms with Crippen molar-refractivity contribution in [2.45, 2.75) is 33.0 Å². The average Bonchev–Trinajstić information content (AvgIpc) is 3.24. The molecule has 3 rings (SSSR count). The second-order valence-electron chi connectivity index (χ2n) is 7.57. The van der Waals surface area contributed by atoms with E-state index in [2.05, 4.69) is 5.32 Å². The van der Waals surface area contributed by atoms with Crippen molar-refractivity contribution < 1.29 is 28.2 Å². The molecule has 1 aromatic rings. The van der Waals surface area contributed by atoms with Crippen molar-refractivity contribution in [1.29, 1.82) is 0 Å². The Balaban J connectivity index is 1.69. The second kappa shape index (κ2) is 8.76. The summed E-state index contributed by atoms with van der Waals surface area (Å²) in [5, 5.41) is 2.81. The number of ether oxygens (including phenoxy) is 2. The van der Waals surface area contributed by atoms with Crippen LogP contribution in [0.4, 0.5) is 25.4 Å². The molecule has 2 saturated heterocycles. The molecule has 1 unspecified atom stereocenters. The van der Waals surface area contributed by atoms with Gasteiger partial charge in [0.25, 0.3) is 0 Å². The zero-order chi connectivity index (χ0) is 22.0. The second-order valence-corrected chi connectivity index (χ2v) is 7.57. The maximum Gasteiger partial charge on any atom is 0.416 e. The normalized spacial score (nSPS) is 23.4. The minimum Gasteiger partial charge on any atom is -0.450 e. The molecule has 10 heteroatoms. The van der Waals surface area contributed by atoms with Gasteiger partial charge < -0.3 is 24.6 Å². The quantitative estimate of drug-likeness (QED) is 0.782. The molecule has 0 radical (unpaired) electrons. The molecule has 0 spiro atoms. The molecule has 2 aliphatic heterocycles. The SMILES string of the molecule is CCOC(=O)N[C@@H]1CN(c2ccc(N3CC(N(C)C(C)=O)OC3=O)cc2F)C[C@H]1C. The molecule has 0 aromatic heterocycles. The van der Waals surface area contributed by atoms with Gasteiger partial charge in [0, 0.05) is 27.1 Å². The summed E-state index contributed by atoms with van der Waals surface area (Å²) in [5.74, 6) is -0.595. The van der Waals surface area contributed by atoms with E-state index in [1.54, 1.807) is 26.1 Å². The summed E-state index contributed by atoms with van der Waals surface area (Å²) in [7, 11) is 1.54. The van der Waals surface area contributed by atoms with E-state index in [4.69, 9.17) is 9.47 Å². The van der Waals surface area contributed by atoms with Crippen molar-refractivity contribution in [2.24, 2.45) is 5.92 Å². The molecule has 0 saturated carbocycles. The van der Waals surface area contributed by atoms with Gasteiger partial charge in [-0.1, -0.05) is 6.92 Å². The van der Waals surface area contributed by atoms with Crippen LogP contribution in [0.25, 0.3) is 0 Å². The Morgan fingerprint density at radius 2 is 2.07 bits per heavy atom. The van der Waals surface area contributed by atoms with Crippen molar-refractivity contribution in [1.82, 2.24) is 10.2 Å². The van der Waals surface area contributed by atoms with Gasteiger partial charge in [-0.15, -0.1) is 0 Å². The molecule has 0 bridgehead atoms. The number of likely N-dealkylation sites (N-methyl/N-ethyl adjacent to an activating group) is 1. The molecule has 3 atom stereocenters. The number of alkyl carbamates (subject to hydrolysis) is 1. The van der Waals surface area contributed by atoms with Crippen LogP contribution in [0.3, 0.4) is 0 Å². The van der Waals surface area contributed by atoms with Crippen molar-refractivity contribution in [2.75, 3.05) is 43.1 Å². The third-order valence-electron chi connectivity index (χ3n) is 5.50. The zero-order valence-electron chi connectivity index (χ0n) is 17.6. The summed E-state index contributed by atoms with van der Waals surface area (Å²) in [5.41, 5.74) is 0.748. The van der Waals surface area contributed by atoms with Crippen molar-refractivity contribution in [3.8, 4) is 0 Å². The lowest BCUT2D eigenvalue weighted by molar-refractivity contribution is -0.134. The predicted octanol–water partition coefficient (Wildman–Crippen LogP) is 2.16. The van der Waals surface area contributed by atoms with E-state index in [9.17, 15) is 18.8 Å². The Morgan fingerprint density at radius 1 is 1.33 bits per heavy atom. The number of rotatable bonds is 5. The van der Waals surface area contributed by atoms with Crippen LogP contribution in [0.5, 0.6) is 0 Å². The van der Waals surface area contributed by atoms with Gasteiger partial charge in [-0.3, -0.25) is 9.69 Å². The minimum absolute atomic E-state index is 0.116. The Morgan fingerprint density at radius 3 is 2.70 bits per heavy atom. The van der Waals surface area contributed by atoms with Gasteiger partial charge >= 0.3 is 12.2 Å². The standard InChI is InChI=1S/C20H27FN4O5/c1-5-29-19(27)22-16-10-24(9-12(16)2)17-7-6-14(8-15(17)21)25-11-18(30-20(25)28)23(4)13(3)26/h6-8,12,16,18H,5,9-11H2,1-4H3,(H,22,27)/t12-,16-,18?/m1/s1. The van der Waals surface area contributed by atoms with Crippen LogP contribution in [0.1, 0.15) is 20.8 Å². The highest BCUT2D eigenvalue weighted by Gasteiger charge is 2.37. The summed E-state index contributed by atoms with van der Waals surface area (Å²) < 4.78 is 25.0. The van der Waals surface area contributed by atoms with Gasteiger partial charge in [0.2, 0.25) is 5.91 Å². The van der Waals surface area contributed by atoms with Gasteiger partial charge in [-0.25, -0.2) is 14.0 Å². The third-order valence-corrected chi connectivity index (χ3v) is 5.50. The first-order valence-corrected chi connectivity index (χ1v) is 9.90. The fourth-order valence-electron chi connectivity index (χ4n) is 3.66. The first-order valence-electron chi connectivity index (χ1n) is 9.90. The number of nitrogens with zero attached hydrogens (tertiary/aromatic N) is 3. The predicted molar refractivity (Wildman–Crippen MR) is 108 cm³/mol. The number of hydrogen-bond donors (Lipinski definition) is 1.